The van der Waals surface area contributed by atoms with Gasteiger partial charge < -0.3 is 20.6 Å². The number of thiophene rings is 1. The van der Waals surface area contributed by atoms with Crippen LogP contribution < -0.4 is 10.6 Å². The van der Waals surface area contributed by atoms with Gasteiger partial charge in [0.05, 0.1) is 6.54 Å². The van der Waals surface area contributed by atoms with Gasteiger partial charge in [0.25, 0.3) is 0 Å². The van der Waals surface area contributed by atoms with E-state index in [2.05, 4.69) is 51.8 Å². The summed E-state index contributed by atoms with van der Waals surface area (Å²) in [6, 6.07) is 14.4. The summed E-state index contributed by atoms with van der Waals surface area (Å²) in [6.45, 7) is 7.78. The Bertz CT molecular complexity index is 677. The molecule has 156 valence electrons. The molecule has 0 radical (unpaired) electrons. The first-order chi connectivity index (χ1) is 13.0. The van der Waals surface area contributed by atoms with E-state index in [-0.39, 0.29) is 24.0 Å². The summed E-state index contributed by atoms with van der Waals surface area (Å²) in [5.74, 6) is 0.750. The van der Waals surface area contributed by atoms with Crippen molar-refractivity contribution in [3.63, 3.8) is 0 Å². The highest BCUT2D eigenvalue weighted by molar-refractivity contribution is 14.0. The second-order valence-electron chi connectivity index (χ2n) is 6.95. The number of hydrogen-bond acceptors (Lipinski definition) is 4. The van der Waals surface area contributed by atoms with Crippen LogP contribution in [-0.4, -0.2) is 49.2 Å². The molecule has 0 aliphatic rings. The quantitative estimate of drug-likeness (QED) is 0.195. The Hall–Kier alpha value is -1.16. The molecule has 7 heteroatoms. The summed E-state index contributed by atoms with van der Waals surface area (Å²) in [5.41, 5.74) is 0.394. The van der Waals surface area contributed by atoms with Gasteiger partial charge in [-0.2, -0.15) is 0 Å². The van der Waals surface area contributed by atoms with Gasteiger partial charge in [-0.15, -0.1) is 35.3 Å². The molecule has 0 saturated heterocycles. The molecule has 1 aromatic carbocycles. The molecular formula is C21H33IN4OS. The molecule has 28 heavy (non-hydrogen) atoms. The third-order valence-corrected chi connectivity index (χ3v) is 5.37. The molecule has 0 spiro atoms. The Balaban J connectivity index is 0.00000392. The van der Waals surface area contributed by atoms with E-state index in [9.17, 15) is 5.11 Å². The van der Waals surface area contributed by atoms with Gasteiger partial charge in [-0.3, -0.25) is 0 Å². The minimum Gasteiger partial charge on any atom is -0.383 e. The second kappa shape index (κ2) is 13.1. The van der Waals surface area contributed by atoms with Crippen molar-refractivity contribution in [2.24, 2.45) is 4.99 Å². The lowest BCUT2D eigenvalue weighted by atomic mass is 10.1. The van der Waals surface area contributed by atoms with Crippen LogP contribution in [0.1, 0.15) is 30.7 Å². The van der Waals surface area contributed by atoms with Gasteiger partial charge in [0.2, 0.25) is 0 Å². The van der Waals surface area contributed by atoms with Gasteiger partial charge in [-0.1, -0.05) is 36.4 Å². The molecule has 1 unspecified atom stereocenters. The number of guanidine groups is 1. The van der Waals surface area contributed by atoms with Crippen molar-refractivity contribution in [3.05, 3.63) is 58.3 Å². The maximum atomic E-state index is 10.6. The van der Waals surface area contributed by atoms with Crippen molar-refractivity contribution in [1.29, 1.82) is 0 Å². The normalized spacial score (nSPS) is 13.7. The van der Waals surface area contributed by atoms with Crippen LogP contribution in [0.3, 0.4) is 0 Å². The minimum absolute atomic E-state index is 0. The standard InChI is InChI=1S/C21H32N4OS.HI/c1-4-22-20(24-17-21(2,26)19-12-8-15-27-19)23-13-9-14-25(3)16-18-10-6-5-7-11-18;/h5-8,10-12,15,26H,4,9,13-14,16-17H2,1-3H3,(H2,22,23,24);1H. The third-order valence-electron chi connectivity index (χ3n) is 4.25. The first-order valence-electron chi connectivity index (χ1n) is 9.52. The number of halogens is 1. The Morgan fingerprint density at radius 1 is 1.18 bits per heavy atom. The summed E-state index contributed by atoms with van der Waals surface area (Å²) in [4.78, 5) is 7.82. The number of nitrogens with zero attached hydrogens (tertiary/aromatic N) is 2. The van der Waals surface area contributed by atoms with Crippen LogP contribution in [-0.2, 0) is 12.1 Å². The maximum Gasteiger partial charge on any atom is 0.191 e. The van der Waals surface area contributed by atoms with E-state index in [1.54, 1.807) is 11.3 Å². The highest BCUT2D eigenvalue weighted by Crippen LogP contribution is 2.25. The van der Waals surface area contributed by atoms with Gasteiger partial charge >= 0.3 is 0 Å². The zero-order valence-electron chi connectivity index (χ0n) is 17.0. The largest absolute Gasteiger partial charge is 0.383 e. The molecule has 0 fully saturated rings. The molecule has 0 amide bonds. The smallest absolute Gasteiger partial charge is 0.191 e. The molecule has 1 heterocycles. The number of benzene rings is 1. The van der Waals surface area contributed by atoms with Gasteiger partial charge in [0.1, 0.15) is 5.60 Å². The van der Waals surface area contributed by atoms with Crippen LogP contribution in [0.2, 0.25) is 0 Å². The van der Waals surface area contributed by atoms with E-state index in [4.69, 9.17) is 0 Å². The number of rotatable bonds is 10. The predicted molar refractivity (Wildman–Crippen MR) is 131 cm³/mol. The van der Waals surface area contributed by atoms with Crippen molar-refractivity contribution < 1.29 is 5.11 Å². The van der Waals surface area contributed by atoms with Crippen LogP contribution in [0.5, 0.6) is 0 Å². The summed E-state index contributed by atoms with van der Waals surface area (Å²) in [7, 11) is 2.14. The van der Waals surface area contributed by atoms with Crippen molar-refractivity contribution in [2.75, 3.05) is 33.2 Å². The lowest BCUT2D eigenvalue weighted by Crippen LogP contribution is -2.39. The zero-order valence-corrected chi connectivity index (χ0v) is 20.2. The summed E-state index contributed by atoms with van der Waals surface area (Å²) in [5, 5.41) is 19.2. The molecule has 2 rings (SSSR count). The lowest BCUT2D eigenvalue weighted by molar-refractivity contribution is 0.0711. The molecule has 5 nitrogen and oxygen atoms in total. The first-order valence-corrected chi connectivity index (χ1v) is 10.4. The molecular weight excluding hydrogens is 483 g/mol. The van der Waals surface area contributed by atoms with Gasteiger partial charge in [0.15, 0.2) is 5.96 Å². The highest BCUT2D eigenvalue weighted by Gasteiger charge is 2.23. The first kappa shape index (κ1) is 24.9. The Kier molecular flexibility index (Phi) is 11.7. The second-order valence-corrected chi connectivity index (χ2v) is 7.90. The van der Waals surface area contributed by atoms with Crippen LogP contribution in [0.15, 0.2) is 52.8 Å². The predicted octanol–water partition coefficient (Wildman–Crippen LogP) is 3.65. The fraction of sp³-hybridized carbons (Fsp3) is 0.476. The molecule has 0 bridgehead atoms. The van der Waals surface area contributed by atoms with Gasteiger partial charge in [-0.25, -0.2) is 4.99 Å². The van der Waals surface area contributed by atoms with Crippen molar-refractivity contribution >= 4 is 41.3 Å². The van der Waals surface area contributed by atoms with E-state index < -0.39 is 5.60 Å². The van der Waals surface area contributed by atoms with Crippen molar-refractivity contribution in [2.45, 2.75) is 32.4 Å². The summed E-state index contributed by atoms with van der Waals surface area (Å²) < 4.78 is 0. The number of aliphatic imine (C=N–C) groups is 1. The Morgan fingerprint density at radius 2 is 1.93 bits per heavy atom. The molecule has 1 atom stereocenters. The van der Waals surface area contributed by atoms with Crippen molar-refractivity contribution in [3.8, 4) is 0 Å². The van der Waals surface area contributed by atoms with Gasteiger partial charge in [0, 0.05) is 24.5 Å². The van der Waals surface area contributed by atoms with Crippen LogP contribution >= 0.6 is 35.3 Å². The minimum atomic E-state index is -0.938. The molecule has 3 N–H and O–H groups in total. The van der Waals surface area contributed by atoms with E-state index in [1.165, 1.54) is 5.56 Å². The number of hydrogen-bond donors (Lipinski definition) is 3. The average molecular weight is 516 g/mol. The topological polar surface area (TPSA) is 59.9 Å². The molecule has 0 saturated carbocycles. The van der Waals surface area contributed by atoms with Crippen LogP contribution in [0.25, 0.3) is 0 Å². The van der Waals surface area contributed by atoms with Crippen LogP contribution in [0.4, 0.5) is 0 Å². The Morgan fingerprint density at radius 3 is 2.57 bits per heavy atom. The molecule has 1 aromatic heterocycles. The highest BCUT2D eigenvalue weighted by atomic mass is 127. The molecule has 0 aliphatic heterocycles. The lowest BCUT2D eigenvalue weighted by Gasteiger charge is -2.21. The zero-order chi connectivity index (χ0) is 19.5. The maximum absolute atomic E-state index is 10.6. The SMILES string of the molecule is CCNC(=NCC(C)(O)c1cccs1)NCCCN(C)Cc1ccccc1.I. The van der Waals surface area contributed by atoms with Gasteiger partial charge in [-0.05, 0) is 50.9 Å². The van der Waals surface area contributed by atoms with E-state index in [1.807, 2.05) is 37.4 Å². The van der Waals surface area contributed by atoms with E-state index in [0.717, 1.165) is 43.4 Å². The summed E-state index contributed by atoms with van der Waals surface area (Å²) in [6.07, 6.45) is 1.02. The fourth-order valence-electron chi connectivity index (χ4n) is 2.77. The van der Waals surface area contributed by atoms with Crippen molar-refractivity contribution in [1.82, 2.24) is 15.5 Å². The van der Waals surface area contributed by atoms with E-state index in [0.29, 0.717) is 6.54 Å². The Labute approximate surface area is 190 Å². The number of nitrogens with one attached hydrogen (secondary N) is 2. The molecule has 2 aromatic rings. The average Bonchev–Trinajstić information content (AvgIpc) is 3.20. The fourth-order valence-corrected chi connectivity index (χ4v) is 3.55. The summed E-state index contributed by atoms with van der Waals surface area (Å²) >= 11 is 1.55. The monoisotopic (exact) mass is 516 g/mol. The number of aliphatic hydroxyl groups is 1. The third kappa shape index (κ3) is 8.89. The van der Waals surface area contributed by atoms with E-state index >= 15 is 0 Å². The van der Waals surface area contributed by atoms with Crippen LogP contribution in [0, 0.1) is 0 Å². The molecule has 0 aliphatic carbocycles.